The van der Waals surface area contributed by atoms with Gasteiger partial charge in [-0.25, -0.2) is 0 Å². The van der Waals surface area contributed by atoms with Crippen molar-refractivity contribution in [2.75, 3.05) is 12.3 Å². The lowest BCUT2D eigenvalue weighted by Gasteiger charge is -2.06. The lowest BCUT2D eigenvalue weighted by atomic mass is 10.1. The van der Waals surface area contributed by atoms with Crippen molar-refractivity contribution in [3.63, 3.8) is 0 Å². The van der Waals surface area contributed by atoms with Crippen LogP contribution in [0.2, 0.25) is 10.0 Å². The molecule has 3 nitrogen and oxygen atoms in total. The summed E-state index contributed by atoms with van der Waals surface area (Å²) in [5, 5.41) is 5.36. The van der Waals surface area contributed by atoms with Crippen molar-refractivity contribution in [3.8, 4) is 0 Å². The molecule has 0 unspecified atom stereocenters. The summed E-state index contributed by atoms with van der Waals surface area (Å²) in [7, 11) is 0. The van der Waals surface area contributed by atoms with E-state index in [4.69, 9.17) is 23.2 Å². The highest BCUT2D eigenvalue weighted by Crippen LogP contribution is 2.29. The van der Waals surface area contributed by atoms with Crippen molar-refractivity contribution < 1.29 is 4.79 Å². The van der Waals surface area contributed by atoms with E-state index < -0.39 is 0 Å². The van der Waals surface area contributed by atoms with Gasteiger partial charge >= 0.3 is 0 Å². The van der Waals surface area contributed by atoms with E-state index in [0.717, 1.165) is 16.8 Å². The Morgan fingerprint density at radius 1 is 1.17 bits per heavy atom. The van der Waals surface area contributed by atoms with Crippen LogP contribution in [0.5, 0.6) is 0 Å². The van der Waals surface area contributed by atoms with Crippen LogP contribution in [0, 0.1) is 0 Å². The quantitative estimate of drug-likeness (QED) is 0.597. The van der Waals surface area contributed by atoms with Gasteiger partial charge in [-0.1, -0.05) is 41.4 Å². The Morgan fingerprint density at radius 3 is 2.88 bits per heavy atom. The molecule has 0 aliphatic rings. The van der Waals surface area contributed by atoms with Crippen molar-refractivity contribution in [1.29, 1.82) is 0 Å². The second-order valence-electron chi connectivity index (χ2n) is 5.32. The first-order chi connectivity index (χ1) is 11.6. The number of hydrogen-bond donors (Lipinski definition) is 2. The van der Waals surface area contributed by atoms with Crippen LogP contribution >= 0.6 is 35.0 Å². The Morgan fingerprint density at radius 2 is 2.00 bits per heavy atom. The van der Waals surface area contributed by atoms with Gasteiger partial charge in [0.2, 0.25) is 5.91 Å². The van der Waals surface area contributed by atoms with Gasteiger partial charge in [0.1, 0.15) is 0 Å². The first-order valence-electron chi connectivity index (χ1n) is 7.53. The van der Waals surface area contributed by atoms with E-state index in [9.17, 15) is 4.79 Å². The number of thioether (sulfide) groups is 1. The molecule has 0 fully saturated rings. The molecule has 0 aliphatic heterocycles. The summed E-state index contributed by atoms with van der Waals surface area (Å²) in [6.07, 6.45) is 2.79. The molecular weight excluding hydrogens is 363 g/mol. The van der Waals surface area contributed by atoms with Crippen LogP contribution in [-0.2, 0) is 11.2 Å². The predicted molar refractivity (Wildman–Crippen MR) is 102 cm³/mol. The molecule has 3 rings (SSSR count). The molecular formula is C18H16Cl2N2OS. The van der Waals surface area contributed by atoms with Gasteiger partial charge in [0.25, 0.3) is 0 Å². The number of nitrogens with one attached hydrogen (secondary N) is 2. The highest BCUT2D eigenvalue weighted by atomic mass is 35.5. The van der Waals surface area contributed by atoms with Crippen LogP contribution < -0.4 is 5.32 Å². The predicted octanol–water partition coefficient (Wildman–Crippen LogP) is 4.93. The molecule has 124 valence electrons. The summed E-state index contributed by atoms with van der Waals surface area (Å²) >= 11 is 13.4. The molecule has 1 heterocycles. The molecule has 0 saturated carbocycles. The average Bonchev–Trinajstić information content (AvgIpc) is 2.99. The number of carbonyl (C=O) groups excluding carboxylic acids is 1. The number of hydrogen-bond acceptors (Lipinski definition) is 2. The normalized spacial score (nSPS) is 10.9. The largest absolute Gasteiger partial charge is 0.361 e. The van der Waals surface area contributed by atoms with E-state index in [1.807, 2.05) is 24.4 Å². The molecule has 2 N–H and O–H groups in total. The highest BCUT2D eigenvalue weighted by Gasteiger charge is 2.07. The van der Waals surface area contributed by atoms with E-state index >= 15 is 0 Å². The van der Waals surface area contributed by atoms with Gasteiger partial charge in [-0.2, -0.15) is 0 Å². The van der Waals surface area contributed by atoms with Gasteiger partial charge < -0.3 is 10.3 Å². The number of aromatic nitrogens is 1. The lowest BCUT2D eigenvalue weighted by molar-refractivity contribution is -0.118. The van der Waals surface area contributed by atoms with E-state index in [-0.39, 0.29) is 5.91 Å². The number of halogens is 2. The summed E-state index contributed by atoms with van der Waals surface area (Å²) in [6, 6.07) is 13.4. The zero-order valence-corrected chi connectivity index (χ0v) is 15.1. The van der Waals surface area contributed by atoms with E-state index in [2.05, 4.69) is 16.4 Å². The molecule has 0 saturated heterocycles. The fraction of sp³-hybridized carbons (Fsp3) is 0.167. The Kier molecular flexibility index (Phi) is 5.72. The van der Waals surface area contributed by atoms with Crippen LogP contribution in [-0.4, -0.2) is 23.2 Å². The maximum Gasteiger partial charge on any atom is 0.230 e. The third kappa shape index (κ3) is 4.26. The van der Waals surface area contributed by atoms with Gasteiger partial charge in [-0.15, -0.1) is 11.8 Å². The summed E-state index contributed by atoms with van der Waals surface area (Å²) in [5.41, 5.74) is 2.32. The summed E-state index contributed by atoms with van der Waals surface area (Å²) < 4.78 is 0. The van der Waals surface area contributed by atoms with E-state index in [1.54, 1.807) is 18.2 Å². The van der Waals surface area contributed by atoms with Crippen molar-refractivity contribution >= 4 is 51.8 Å². The second-order valence-corrected chi connectivity index (χ2v) is 7.18. The van der Waals surface area contributed by atoms with Crippen molar-refractivity contribution in [3.05, 3.63) is 64.3 Å². The first kappa shape index (κ1) is 17.2. The molecule has 0 bridgehead atoms. The van der Waals surface area contributed by atoms with Crippen LogP contribution in [0.1, 0.15) is 5.56 Å². The lowest BCUT2D eigenvalue weighted by Crippen LogP contribution is -2.27. The smallest absolute Gasteiger partial charge is 0.230 e. The number of para-hydroxylation sites is 1. The van der Waals surface area contributed by atoms with Gasteiger partial charge in [0.15, 0.2) is 0 Å². The molecule has 0 aliphatic carbocycles. The molecule has 2 aromatic carbocycles. The number of fused-ring (bicyclic) bond motifs is 1. The van der Waals surface area contributed by atoms with Crippen LogP contribution in [0.25, 0.3) is 10.9 Å². The van der Waals surface area contributed by atoms with Gasteiger partial charge in [0.05, 0.1) is 10.8 Å². The monoisotopic (exact) mass is 378 g/mol. The fourth-order valence-electron chi connectivity index (χ4n) is 2.46. The SMILES string of the molecule is O=C(CSc1cc(Cl)ccc1Cl)NCCc1c[nH]c2ccccc12. The first-order valence-corrected chi connectivity index (χ1v) is 9.27. The third-order valence-corrected chi connectivity index (χ3v) is 5.38. The zero-order chi connectivity index (χ0) is 16.9. The minimum absolute atomic E-state index is 0.0177. The van der Waals surface area contributed by atoms with Gasteiger partial charge in [-0.05, 0) is 36.2 Å². The van der Waals surface area contributed by atoms with Crippen molar-refractivity contribution in [2.45, 2.75) is 11.3 Å². The molecule has 1 amide bonds. The summed E-state index contributed by atoms with van der Waals surface area (Å²) in [5.74, 6) is 0.296. The molecule has 0 radical (unpaired) electrons. The molecule has 0 atom stereocenters. The average molecular weight is 379 g/mol. The van der Waals surface area contributed by atoms with E-state index in [0.29, 0.717) is 22.3 Å². The number of amides is 1. The topological polar surface area (TPSA) is 44.9 Å². The molecule has 3 aromatic rings. The maximum atomic E-state index is 12.0. The van der Waals surface area contributed by atoms with Gasteiger partial charge in [0, 0.05) is 33.6 Å². The maximum absolute atomic E-state index is 12.0. The number of carbonyl (C=O) groups is 1. The van der Waals surface area contributed by atoms with Crippen molar-refractivity contribution in [1.82, 2.24) is 10.3 Å². The summed E-state index contributed by atoms with van der Waals surface area (Å²) in [4.78, 5) is 16.0. The van der Waals surface area contributed by atoms with Crippen LogP contribution in [0.4, 0.5) is 0 Å². The Balaban J connectivity index is 1.48. The number of benzene rings is 2. The van der Waals surface area contributed by atoms with Crippen LogP contribution in [0.3, 0.4) is 0 Å². The standard InChI is InChI=1S/C18H16Cl2N2OS/c19-13-5-6-15(20)17(9-13)24-11-18(23)21-8-7-12-10-22-16-4-2-1-3-14(12)16/h1-6,9-10,22H,7-8,11H2,(H,21,23). The number of H-pyrrole nitrogens is 1. The number of aromatic amines is 1. The summed E-state index contributed by atoms with van der Waals surface area (Å²) in [6.45, 7) is 0.602. The Hall–Kier alpha value is -1.62. The molecule has 0 spiro atoms. The van der Waals surface area contributed by atoms with Crippen molar-refractivity contribution in [2.24, 2.45) is 0 Å². The Labute approximate surface area is 154 Å². The van der Waals surface area contributed by atoms with E-state index in [1.165, 1.54) is 22.7 Å². The highest BCUT2D eigenvalue weighted by molar-refractivity contribution is 8.00. The Bertz CT molecular complexity index is 863. The zero-order valence-electron chi connectivity index (χ0n) is 12.8. The molecule has 24 heavy (non-hydrogen) atoms. The van der Waals surface area contributed by atoms with Crippen LogP contribution in [0.15, 0.2) is 53.6 Å². The fourth-order valence-corrected chi connectivity index (χ4v) is 3.78. The van der Waals surface area contributed by atoms with Gasteiger partial charge in [-0.3, -0.25) is 4.79 Å². The third-order valence-electron chi connectivity index (χ3n) is 3.64. The number of rotatable bonds is 6. The minimum Gasteiger partial charge on any atom is -0.361 e. The minimum atomic E-state index is -0.0177. The molecule has 1 aromatic heterocycles. The molecule has 6 heteroatoms. The second kappa shape index (κ2) is 7.97.